The van der Waals surface area contributed by atoms with Crippen LogP contribution in [0.25, 0.3) is 0 Å². The summed E-state index contributed by atoms with van der Waals surface area (Å²) >= 11 is 0. The summed E-state index contributed by atoms with van der Waals surface area (Å²) in [6, 6.07) is 0. The quantitative estimate of drug-likeness (QED) is 0.762. The molecule has 3 aliphatic heterocycles. The van der Waals surface area contributed by atoms with E-state index in [0.717, 1.165) is 5.57 Å². The minimum atomic E-state index is -0.679. The maximum atomic E-state index is 9.24. The van der Waals surface area contributed by atoms with E-state index in [9.17, 15) is 5.11 Å². The van der Waals surface area contributed by atoms with E-state index >= 15 is 0 Å². The lowest BCUT2D eigenvalue weighted by molar-refractivity contribution is -0.215. The fraction of sp³-hybridized carbons (Fsp3) is 0.857. The van der Waals surface area contributed by atoms with Crippen LogP contribution in [0.2, 0.25) is 0 Å². The van der Waals surface area contributed by atoms with Gasteiger partial charge in [0, 0.05) is 0 Å². The Bertz CT molecular complexity index is 416. The van der Waals surface area contributed by atoms with Gasteiger partial charge in [0.2, 0.25) is 0 Å². The van der Waals surface area contributed by atoms with Crippen LogP contribution in [0, 0.1) is 0 Å². The van der Waals surface area contributed by atoms with Gasteiger partial charge in [-0.1, -0.05) is 6.08 Å². The molecule has 3 rings (SSSR count). The fourth-order valence-corrected chi connectivity index (χ4v) is 2.94. The molecule has 0 bridgehead atoms. The summed E-state index contributed by atoms with van der Waals surface area (Å²) < 4.78 is 28.9. The highest BCUT2D eigenvalue weighted by Crippen LogP contribution is 2.43. The Labute approximate surface area is 118 Å². The lowest BCUT2D eigenvalue weighted by atomic mass is 10.0. The molecule has 0 aromatic carbocycles. The van der Waals surface area contributed by atoms with E-state index in [1.807, 2.05) is 27.7 Å². The van der Waals surface area contributed by atoms with Crippen LogP contribution in [0.4, 0.5) is 0 Å². The molecule has 20 heavy (non-hydrogen) atoms. The summed E-state index contributed by atoms with van der Waals surface area (Å²) in [5.41, 5.74) is 0.870. The summed E-state index contributed by atoms with van der Waals surface area (Å²) in [4.78, 5) is 0. The highest BCUT2D eigenvalue weighted by atomic mass is 16.8. The third kappa shape index (κ3) is 2.52. The zero-order chi connectivity index (χ0) is 14.5. The molecule has 6 heteroatoms. The second-order valence-corrected chi connectivity index (χ2v) is 6.24. The summed E-state index contributed by atoms with van der Waals surface area (Å²) in [5.74, 6) is -1.29. The van der Waals surface area contributed by atoms with Crippen molar-refractivity contribution >= 4 is 0 Å². The van der Waals surface area contributed by atoms with Crippen LogP contribution >= 0.6 is 0 Å². The first-order chi connectivity index (χ1) is 9.31. The Balaban J connectivity index is 1.79. The molecule has 3 aliphatic rings. The monoisotopic (exact) mass is 286 g/mol. The molecule has 0 unspecified atom stereocenters. The zero-order valence-electron chi connectivity index (χ0n) is 12.3. The predicted octanol–water partition coefficient (Wildman–Crippen LogP) is 0.933. The number of fused-ring (bicyclic) bond motifs is 1. The zero-order valence-corrected chi connectivity index (χ0v) is 12.3. The molecule has 3 saturated heterocycles. The summed E-state index contributed by atoms with van der Waals surface area (Å²) in [5, 5.41) is 9.24. The van der Waals surface area contributed by atoms with Crippen LogP contribution in [0.1, 0.15) is 27.7 Å². The van der Waals surface area contributed by atoms with Crippen molar-refractivity contribution < 1.29 is 28.8 Å². The van der Waals surface area contributed by atoms with Gasteiger partial charge in [0.05, 0.1) is 13.2 Å². The molecule has 4 atom stereocenters. The van der Waals surface area contributed by atoms with Crippen LogP contribution < -0.4 is 0 Å². The SMILES string of the molecule is CC1(C)O[C@H]2O[C@H]([C@H]3COC(C)(C)O3)/C(=C/CO)[C@H]2O1. The molecule has 0 saturated carbocycles. The maximum Gasteiger partial charge on any atom is 0.191 e. The second kappa shape index (κ2) is 4.76. The fourth-order valence-electron chi connectivity index (χ4n) is 2.94. The van der Waals surface area contributed by atoms with Gasteiger partial charge in [-0.05, 0) is 33.3 Å². The molecule has 114 valence electrons. The minimum absolute atomic E-state index is 0.0703. The molecule has 0 amide bonds. The molecule has 3 fully saturated rings. The van der Waals surface area contributed by atoms with Crippen LogP contribution in [0.15, 0.2) is 11.6 Å². The van der Waals surface area contributed by atoms with E-state index in [1.54, 1.807) is 6.08 Å². The molecule has 1 N–H and O–H groups in total. The molecule has 0 spiro atoms. The Morgan fingerprint density at radius 1 is 1.10 bits per heavy atom. The third-order valence-corrected chi connectivity index (χ3v) is 3.69. The predicted molar refractivity (Wildman–Crippen MR) is 68.8 cm³/mol. The van der Waals surface area contributed by atoms with E-state index in [4.69, 9.17) is 23.7 Å². The van der Waals surface area contributed by atoms with Gasteiger partial charge in [0.25, 0.3) is 0 Å². The Hall–Kier alpha value is -0.500. The first-order valence-electron chi connectivity index (χ1n) is 6.95. The van der Waals surface area contributed by atoms with Gasteiger partial charge in [0.15, 0.2) is 17.9 Å². The number of hydrogen-bond acceptors (Lipinski definition) is 6. The third-order valence-electron chi connectivity index (χ3n) is 3.69. The van der Waals surface area contributed by atoms with Crippen molar-refractivity contribution in [1.29, 1.82) is 0 Å². The van der Waals surface area contributed by atoms with Crippen molar-refractivity contribution in [3.63, 3.8) is 0 Å². The van der Waals surface area contributed by atoms with Crippen molar-refractivity contribution in [1.82, 2.24) is 0 Å². The number of ether oxygens (including phenoxy) is 5. The van der Waals surface area contributed by atoms with Gasteiger partial charge in [-0.2, -0.15) is 0 Å². The topological polar surface area (TPSA) is 66.4 Å². The molecule has 3 heterocycles. The van der Waals surface area contributed by atoms with Crippen LogP contribution in [-0.4, -0.2) is 54.5 Å². The largest absolute Gasteiger partial charge is 0.392 e. The normalized spacial score (nSPS) is 44.1. The van der Waals surface area contributed by atoms with Crippen molar-refractivity contribution in [3.8, 4) is 0 Å². The highest BCUT2D eigenvalue weighted by Gasteiger charge is 2.55. The summed E-state index contributed by atoms with van der Waals surface area (Å²) in [7, 11) is 0. The van der Waals surface area contributed by atoms with Gasteiger partial charge in [-0.15, -0.1) is 0 Å². The van der Waals surface area contributed by atoms with Gasteiger partial charge in [-0.3, -0.25) is 0 Å². The second-order valence-electron chi connectivity index (χ2n) is 6.24. The van der Waals surface area contributed by atoms with Gasteiger partial charge in [0.1, 0.15) is 18.3 Å². The maximum absolute atomic E-state index is 9.24. The lowest BCUT2D eigenvalue weighted by Crippen LogP contribution is -2.35. The van der Waals surface area contributed by atoms with Gasteiger partial charge in [-0.25, -0.2) is 0 Å². The number of aliphatic hydroxyl groups is 1. The first kappa shape index (κ1) is 14.4. The standard InChI is InChI=1S/C14H22O6/c1-13(2)16-7-9(18-13)10-8(5-6-15)11-12(17-10)20-14(3,4)19-11/h5,9-12,15H,6-7H2,1-4H3/b8-5-/t9-,10+,11-,12-/m1/s1. The Morgan fingerprint density at radius 2 is 1.85 bits per heavy atom. The number of hydrogen-bond donors (Lipinski definition) is 1. The first-order valence-corrected chi connectivity index (χ1v) is 6.95. The highest BCUT2D eigenvalue weighted by molar-refractivity contribution is 5.23. The van der Waals surface area contributed by atoms with E-state index in [1.165, 1.54) is 0 Å². The summed E-state index contributed by atoms with van der Waals surface area (Å²) in [6.07, 6.45) is 0.433. The van der Waals surface area contributed by atoms with Crippen LogP contribution in [0.3, 0.4) is 0 Å². The number of rotatable bonds is 2. The molecular formula is C14H22O6. The summed E-state index contributed by atoms with van der Waals surface area (Å²) in [6.45, 7) is 7.81. The molecule has 0 radical (unpaired) electrons. The van der Waals surface area contributed by atoms with Crippen LogP contribution in [0.5, 0.6) is 0 Å². The smallest absolute Gasteiger partial charge is 0.191 e. The molecule has 0 aromatic heterocycles. The van der Waals surface area contributed by atoms with Crippen molar-refractivity contribution in [2.24, 2.45) is 0 Å². The van der Waals surface area contributed by atoms with Crippen molar-refractivity contribution in [2.75, 3.05) is 13.2 Å². The molecule has 0 aliphatic carbocycles. The number of aliphatic hydroxyl groups excluding tert-OH is 1. The Morgan fingerprint density at radius 3 is 2.45 bits per heavy atom. The minimum Gasteiger partial charge on any atom is -0.392 e. The van der Waals surface area contributed by atoms with E-state index in [0.29, 0.717) is 6.61 Å². The van der Waals surface area contributed by atoms with Gasteiger partial charge >= 0.3 is 0 Å². The van der Waals surface area contributed by atoms with Crippen molar-refractivity contribution in [2.45, 2.75) is 63.9 Å². The Kier molecular flexibility index (Phi) is 3.44. The molecular weight excluding hydrogens is 264 g/mol. The van der Waals surface area contributed by atoms with E-state index in [-0.39, 0.29) is 24.9 Å². The average Bonchev–Trinajstić information content (AvgIpc) is 2.91. The molecule has 0 aromatic rings. The van der Waals surface area contributed by atoms with Crippen molar-refractivity contribution in [3.05, 3.63) is 11.6 Å². The van der Waals surface area contributed by atoms with Crippen LogP contribution in [-0.2, 0) is 23.7 Å². The van der Waals surface area contributed by atoms with E-state index < -0.39 is 17.9 Å². The van der Waals surface area contributed by atoms with Gasteiger partial charge < -0.3 is 28.8 Å². The lowest BCUT2D eigenvalue weighted by Gasteiger charge is -2.25. The van der Waals surface area contributed by atoms with E-state index in [2.05, 4.69) is 0 Å². The molecule has 6 nitrogen and oxygen atoms in total. The average molecular weight is 286 g/mol.